The molecule has 5 nitrogen and oxygen atoms in total. The third-order valence-corrected chi connectivity index (χ3v) is 4.81. The summed E-state index contributed by atoms with van der Waals surface area (Å²) in [5.41, 5.74) is 7.80. The van der Waals surface area contributed by atoms with Crippen molar-refractivity contribution < 1.29 is 0 Å². The molecule has 1 N–H and O–H groups in total. The molecule has 4 rings (SSSR count). The zero-order chi connectivity index (χ0) is 17.1. The Morgan fingerprint density at radius 1 is 1.16 bits per heavy atom. The van der Waals surface area contributed by atoms with E-state index in [1.165, 1.54) is 11.3 Å². The Hall–Kier alpha value is -2.70. The first-order valence-corrected chi connectivity index (χ1v) is 8.93. The number of aromatic nitrogens is 3. The highest BCUT2D eigenvalue weighted by molar-refractivity contribution is 7.13. The van der Waals surface area contributed by atoms with Gasteiger partial charge in [0, 0.05) is 34.2 Å². The van der Waals surface area contributed by atoms with Gasteiger partial charge in [0.05, 0.1) is 6.21 Å². The predicted molar refractivity (Wildman–Crippen MR) is 104 cm³/mol. The molecule has 4 aromatic rings. The lowest BCUT2D eigenvalue weighted by Crippen LogP contribution is -1.98. The second-order valence-corrected chi connectivity index (χ2v) is 6.68. The summed E-state index contributed by atoms with van der Waals surface area (Å²) in [7, 11) is 0. The maximum absolute atomic E-state index is 6.31. The van der Waals surface area contributed by atoms with Crippen LogP contribution in [-0.2, 0) is 6.54 Å². The molecule has 0 radical (unpaired) electrons. The minimum absolute atomic E-state index is 0.663. The molecule has 25 heavy (non-hydrogen) atoms. The van der Waals surface area contributed by atoms with Gasteiger partial charge in [-0.3, -0.25) is 5.43 Å². The van der Waals surface area contributed by atoms with Crippen LogP contribution >= 0.6 is 22.9 Å². The van der Waals surface area contributed by atoms with E-state index >= 15 is 0 Å². The molecule has 0 aliphatic rings. The molecule has 0 saturated heterocycles. The lowest BCUT2D eigenvalue weighted by atomic mass is 10.2. The van der Waals surface area contributed by atoms with Gasteiger partial charge in [-0.2, -0.15) is 5.10 Å². The molecule has 2 aromatic heterocycles. The zero-order valence-corrected chi connectivity index (χ0v) is 14.7. The van der Waals surface area contributed by atoms with Gasteiger partial charge in [0.2, 0.25) is 5.13 Å². The summed E-state index contributed by atoms with van der Waals surface area (Å²) in [6.45, 7) is 0.706. The Kier molecular flexibility index (Phi) is 4.45. The molecule has 0 atom stereocenters. The largest absolute Gasteiger partial charge is 0.342 e. The van der Waals surface area contributed by atoms with Gasteiger partial charge in [0.25, 0.3) is 0 Å². The Morgan fingerprint density at radius 3 is 2.84 bits per heavy atom. The van der Waals surface area contributed by atoms with Crippen molar-refractivity contribution in [3.05, 3.63) is 76.4 Å². The number of anilines is 1. The number of rotatable bonds is 5. The molecule has 0 aliphatic carbocycles. The minimum atomic E-state index is 0.663. The second kappa shape index (κ2) is 7.04. The molecule has 0 saturated carbocycles. The van der Waals surface area contributed by atoms with Crippen molar-refractivity contribution in [1.82, 2.24) is 14.8 Å². The molecule has 0 fully saturated rings. The van der Waals surface area contributed by atoms with Crippen molar-refractivity contribution in [2.75, 3.05) is 5.43 Å². The lowest BCUT2D eigenvalue weighted by molar-refractivity contribution is 0.836. The maximum Gasteiger partial charge on any atom is 0.225 e. The number of fused-ring (bicyclic) bond motifs is 1. The summed E-state index contributed by atoms with van der Waals surface area (Å²) < 4.78 is 2.18. The van der Waals surface area contributed by atoms with Gasteiger partial charge in [0.1, 0.15) is 5.51 Å². The average Bonchev–Trinajstić information content (AvgIpc) is 3.26. The fourth-order valence-electron chi connectivity index (χ4n) is 2.70. The zero-order valence-electron chi connectivity index (χ0n) is 13.1. The molecule has 2 heterocycles. The number of nitrogens with zero attached hydrogens (tertiary/aromatic N) is 4. The number of nitrogens with one attached hydrogen (secondary N) is 1. The fraction of sp³-hybridized carbons (Fsp3) is 0.0556. The van der Waals surface area contributed by atoms with Gasteiger partial charge in [-0.05, 0) is 17.7 Å². The monoisotopic (exact) mass is 367 g/mol. The summed E-state index contributed by atoms with van der Waals surface area (Å²) in [5, 5.41) is 14.5. The van der Waals surface area contributed by atoms with Crippen molar-refractivity contribution in [2.45, 2.75) is 6.54 Å². The number of halogens is 1. The van der Waals surface area contributed by atoms with Gasteiger partial charge in [0.15, 0.2) is 0 Å². The highest BCUT2D eigenvalue weighted by atomic mass is 35.5. The van der Waals surface area contributed by atoms with Gasteiger partial charge in [-0.15, -0.1) is 10.2 Å². The van der Waals surface area contributed by atoms with E-state index in [0.717, 1.165) is 27.1 Å². The number of benzene rings is 2. The van der Waals surface area contributed by atoms with Gasteiger partial charge in [-0.25, -0.2) is 0 Å². The number of hydrazone groups is 1. The van der Waals surface area contributed by atoms with Crippen LogP contribution in [0.3, 0.4) is 0 Å². The van der Waals surface area contributed by atoms with E-state index in [-0.39, 0.29) is 0 Å². The van der Waals surface area contributed by atoms with Crippen LogP contribution in [0.25, 0.3) is 10.9 Å². The lowest BCUT2D eigenvalue weighted by Gasteiger charge is -2.07. The summed E-state index contributed by atoms with van der Waals surface area (Å²) in [5.74, 6) is 0. The smallest absolute Gasteiger partial charge is 0.225 e. The maximum atomic E-state index is 6.31. The summed E-state index contributed by atoms with van der Waals surface area (Å²) >= 11 is 7.71. The second-order valence-electron chi connectivity index (χ2n) is 5.43. The molecule has 7 heteroatoms. The highest BCUT2D eigenvalue weighted by Gasteiger charge is 2.08. The van der Waals surface area contributed by atoms with Gasteiger partial charge >= 0.3 is 0 Å². The van der Waals surface area contributed by atoms with E-state index in [0.29, 0.717) is 11.7 Å². The molecular formula is C18H14ClN5S. The molecule has 0 amide bonds. The molecule has 0 spiro atoms. The topological polar surface area (TPSA) is 55.1 Å². The van der Waals surface area contributed by atoms with Crippen LogP contribution in [0.1, 0.15) is 11.1 Å². The van der Waals surface area contributed by atoms with Gasteiger partial charge in [-0.1, -0.05) is 59.3 Å². The van der Waals surface area contributed by atoms with Crippen LogP contribution < -0.4 is 5.43 Å². The molecule has 0 unspecified atom stereocenters. The van der Waals surface area contributed by atoms with Crippen molar-refractivity contribution in [1.29, 1.82) is 0 Å². The molecule has 0 bridgehead atoms. The van der Waals surface area contributed by atoms with E-state index < -0.39 is 0 Å². The third-order valence-electron chi connectivity index (χ3n) is 3.84. The Balaban J connectivity index is 1.66. The van der Waals surface area contributed by atoms with E-state index in [1.54, 1.807) is 11.7 Å². The number of para-hydroxylation sites is 1. The van der Waals surface area contributed by atoms with E-state index in [2.05, 4.69) is 43.6 Å². The van der Waals surface area contributed by atoms with Crippen LogP contribution in [0.2, 0.25) is 5.02 Å². The molecular weight excluding hydrogens is 354 g/mol. The SMILES string of the molecule is Clc1ccccc1Cn1cc(/C=N/Nc2nncs2)c2ccccc21. The first-order valence-electron chi connectivity index (χ1n) is 7.68. The third kappa shape index (κ3) is 3.40. The van der Waals surface area contributed by atoms with Crippen LogP contribution in [0.5, 0.6) is 0 Å². The molecule has 0 aliphatic heterocycles. The Bertz CT molecular complexity index is 1020. The molecule has 124 valence electrons. The highest BCUT2D eigenvalue weighted by Crippen LogP contribution is 2.23. The summed E-state index contributed by atoms with van der Waals surface area (Å²) in [4.78, 5) is 0. The minimum Gasteiger partial charge on any atom is -0.342 e. The molecule has 2 aromatic carbocycles. The summed E-state index contributed by atoms with van der Waals surface area (Å²) in [6.07, 6.45) is 3.88. The Morgan fingerprint density at radius 2 is 2.00 bits per heavy atom. The fourth-order valence-corrected chi connectivity index (χ4v) is 3.29. The van der Waals surface area contributed by atoms with Crippen LogP contribution in [-0.4, -0.2) is 21.0 Å². The van der Waals surface area contributed by atoms with Crippen molar-refractivity contribution in [3.8, 4) is 0 Å². The average molecular weight is 368 g/mol. The van der Waals surface area contributed by atoms with E-state index in [1.807, 2.05) is 36.4 Å². The van der Waals surface area contributed by atoms with Crippen molar-refractivity contribution >= 4 is 45.2 Å². The van der Waals surface area contributed by atoms with Crippen LogP contribution in [0.4, 0.5) is 5.13 Å². The van der Waals surface area contributed by atoms with Gasteiger partial charge < -0.3 is 4.57 Å². The van der Waals surface area contributed by atoms with Crippen LogP contribution in [0, 0.1) is 0 Å². The number of hydrogen-bond donors (Lipinski definition) is 1. The first kappa shape index (κ1) is 15.8. The van der Waals surface area contributed by atoms with Crippen molar-refractivity contribution in [3.63, 3.8) is 0 Å². The standard InChI is InChI=1S/C18H14ClN5S/c19-16-7-3-1-5-13(16)10-24-11-14(15-6-2-4-8-17(15)24)9-20-22-18-23-21-12-25-18/h1-9,11-12H,10H2,(H,22,23)/b20-9+. The Labute approximate surface area is 153 Å². The predicted octanol–water partition coefficient (Wildman–Crippen LogP) is 4.64. The van der Waals surface area contributed by atoms with Crippen LogP contribution in [0.15, 0.2) is 65.3 Å². The quantitative estimate of drug-likeness (QED) is 0.413. The summed E-state index contributed by atoms with van der Waals surface area (Å²) in [6, 6.07) is 16.1. The van der Waals surface area contributed by atoms with Crippen molar-refractivity contribution in [2.24, 2.45) is 5.10 Å². The normalized spacial score (nSPS) is 11.4. The van der Waals surface area contributed by atoms with E-state index in [4.69, 9.17) is 11.6 Å². The van der Waals surface area contributed by atoms with E-state index in [9.17, 15) is 0 Å². The first-order chi connectivity index (χ1) is 12.3. The number of hydrogen-bond acceptors (Lipinski definition) is 5.